The van der Waals surface area contributed by atoms with Crippen LogP contribution in [0.4, 0.5) is 0 Å². The summed E-state index contributed by atoms with van der Waals surface area (Å²) in [4.78, 5) is 17.8. The minimum absolute atomic E-state index is 0.0224. The molecule has 6 nitrogen and oxygen atoms in total. The first kappa shape index (κ1) is 16.8. The Labute approximate surface area is 135 Å². The van der Waals surface area contributed by atoms with Crippen molar-refractivity contribution in [3.8, 4) is 0 Å². The van der Waals surface area contributed by atoms with Crippen molar-refractivity contribution in [3.63, 3.8) is 0 Å². The molecule has 2 heterocycles. The standard InChI is InChI=1S/C15H24N4O2S/c1-19(2)14(20)9-18-15(16-7-12-3-5-21-10-12)17-8-13-4-6-22-11-13/h4,6,11-12H,3,5,7-10H2,1-2H3,(H2,16,17,18). The van der Waals surface area contributed by atoms with E-state index in [9.17, 15) is 4.79 Å². The third kappa shape index (κ3) is 5.65. The van der Waals surface area contributed by atoms with Crippen LogP contribution in [0.1, 0.15) is 12.0 Å². The molecule has 22 heavy (non-hydrogen) atoms. The van der Waals surface area contributed by atoms with Crippen molar-refractivity contribution in [2.24, 2.45) is 10.9 Å². The topological polar surface area (TPSA) is 66.0 Å². The van der Waals surface area contributed by atoms with Crippen molar-refractivity contribution < 1.29 is 9.53 Å². The molecule has 0 bridgehead atoms. The van der Waals surface area contributed by atoms with E-state index in [1.807, 2.05) is 5.38 Å². The molecule has 0 radical (unpaired) electrons. The lowest BCUT2D eigenvalue weighted by molar-refractivity contribution is -0.127. The number of guanidine groups is 1. The zero-order valence-corrected chi connectivity index (χ0v) is 14.0. The maximum atomic E-state index is 11.7. The molecule has 7 heteroatoms. The Morgan fingerprint density at radius 1 is 1.50 bits per heavy atom. The van der Waals surface area contributed by atoms with Crippen LogP contribution in [0.3, 0.4) is 0 Å². The fraction of sp³-hybridized carbons (Fsp3) is 0.600. The zero-order chi connectivity index (χ0) is 15.8. The van der Waals surface area contributed by atoms with Gasteiger partial charge in [-0.1, -0.05) is 0 Å². The van der Waals surface area contributed by atoms with Gasteiger partial charge >= 0.3 is 0 Å². The highest BCUT2D eigenvalue weighted by Gasteiger charge is 2.16. The quantitative estimate of drug-likeness (QED) is 0.603. The molecular weight excluding hydrogens is 300 g/mol. The maximum absolute atomic E-state index is 11.7. The van der Waals surface area contributed by atoms with Gasteiger partial charge in [0.05, 0.1) is 19.7 Å². The van der Waals surface area contributed by atoms with Crippen molar-refractivity contribution in [3.05, 3.63) is 22.4 Å². The van der Waals surface area contributed by atoms with Crippen LogP contribution in [0.25, 0.3) is 0 Å². The number of aliphatic imine (C=N–C) groups is 1. The minimum atomic E-state index is 0.0224. The van der Waals surface area contributed by atoms with Gasteiger partial charge in [0.15, 0.2) is 5.96 Å². The van der Waals surface area contributed by atoms with Gasteiger partial charge in [-0.15, -0.1) is 0 Å². The Morgan fingerprint density at radius 3 is 3.00 bits per heavy atom. The third-order valence-corrected chi connectivity index (χ3v) is 4.22. The lowest BCUT2D eigenvalue weighted by Gasteiger charge is -2.16. The van der Waals surface area contributed by atoms with Gasteiger partial charge in [-0.05, 0) is 28.8 Å². The van der Waals surface area contributed by atoms with Crippen LogP contribution in [-0.4, -0.2) is 57.2 Å². The van der Waals surface area contributed by atoms with Gasteiger partial charge < -0.3 is 20.3 Å². The van der Waals surface area contributed by atoms with Crippen LogP contribution >= 0.6 is 11.3 Å². The molecule has 0 aromatic carbocycles. The molecule has 1 aromatic heterocycles. The highest BCUT2D eigenvalue weighted by atomic mass is 32.1. The van der Waals surface area contributed by atoms with E-state index in [0.29, 0.717) is 18.4 Å². The van der Waals surface area contributed by atoms with E-state index in [1.54, 1.807) is 30.3 Å². The number of hydrogen-bond donors (Lipinski definition) is 2. The molecule has 1 fully saturated rings. The van der Waals surface area contributed by atoms with Crippen LogP contribution in [-0.2, 0) is 16.1 Å². The van der Waals surface area contributed by atoms with Crippen molar-refractivity contribution >= 4 is 23.2 Å². The fourth-order valence-corrected chi connectivity index (χ4v) is 2.69. The largest absolute Gasteiger partial charge is 0.381 e. The van der Waals surface area contributed by atoms with Crippen LogP contribution in [0.5, 0.6) is 0 Å². The zero-order valence-electron chi connectivity index (χ0n) is 13.2. The van der Waals surface area contributed by atoms with Crippen molar-refractivity contribution in [1.29, 1.82) is 0 Å². The minimum Gasteiger partial charge on any atom is -0.381 e. The highest BCUT2D eigenvalue weighted by Crippen LogP contribution is 2.10. The molecular formula is C15H24N4O2S. The van der Waals surface area contributed by atoms with Gasteiger partial charge in [0.25, 0.3) is 0 Å². The number of amides is 1. The number of rotatable bonds is 6. The lowest BCUT2D eigenvalue weighted by atomic mass is 10.1. The maximum Gasteiger partial charge on any atom is 0.241 e. The van der Waals surface area contributed by atoms with E-state index in [4.69, 9.17) is 4.74 Å². The van der Waals surface area contributed by atoms with E-state index in [-0.39, 0.29) is 12.5 Å². The van der Waals surface area contributed by atoms with Gasteiger partial charge in [0.2, 0.25) is 5.91 Å². The molecule has 1 atom stereocenters. The molecule has 1 unspecified atom stereocenters. The average molecular weight is 324 g/mol. The van der Waals surface area contributed by atoms with Gasteiger partial charge in [-0.25, -0.2) is 4.99 Å². The lowest BCUT2D eigenvalue weighted by Crippen LogP contribution is -2.44. The first-order chi connectivity index (χ1) is 10.6. The molecule has 2 rings (SSSR count). The molecule has 1 amide bonds. The summed E-state index contributed by atoms with van der Waals surface area (Å²) in [5.74, 6) is 1.21. The Morgan fingerprint density at radius 2 is 2.36 bits per heavy atom. The van der Waals surface area contributed by atoms with Crippen molar-refractivity contribution in [2.45, 2.75) is 13.0 Å². The molecule has 2 N–H and O–H groups in total. The second-order valence-electron chi connectivity index (χ2n) is 5.55. The van der Waals surface area contributed by atoms with Crippen LogP contribution < -0.4 is 10.6 Å². The van der Waals surface area contributed by atoms with Crippen molar-refractivity contribution in [1.82, 2.24) is 15.5 Å². The van der Waals surface area contributed by atoms with Gasteiger partial charge in [0.1, 0.15) is 0 Å². The number of likely N-dealkylation sites (N-methyl/N-ethyl adjacent to an activating group) is 1. The summed E-state index contributed by atoms with van der Waals surface area (Å²) in [6.07, 6.45) is 1.07. The fourth-order valence-electron chi connectivity index (χ4n) is 2.03. The Bertz CT molecular complexity index is 482. The second-order valence-corrected chi connectivity index (χ2v) is 6.33. The number of thiophene rings is 1. The van der Waals surface area contributed by atoms with Crippen molar-refractivity contribution in [2.75, 3.05) is 40.4 Å². The molecule has 1 aliphatic rings. The molecule has 122 valence electrons. The van der Waals surface area contributed by atoms with Crippen LogP contribution in [0.15, 0.2) is 21.8 Å². The molecule has 0 aliphatic carbocycles. The number of nitrogens with one attached hydrogen (secondary N) is 2. The Hall–Kier alpha value is -1.60. The summed E-state index contributed by atoms with van der Waals surface area (Å²) in [6, 6.07) is 2.06. The number of hydrogen-bond acceptors (Lipinski definition) is 4. The first-order valence-electron chi connectivity index (χ1n) is 7.46. The van der Waals surface area contributed by atoms with E-state index >= 15 is 0 Å². The SMILES string of the molecule is CN(C)C(=O)CNC(=NCc1ccsc1)NCC1CCOC1. The molecule has 0 saturated carbocycles. The predicted octanol–water partition coefficient (Wildman–Crippen LogP) is 0.908. The molecule has 1 aromatic rings. The number of carbonyl (C=O) groups is 1. The van der Waals surface area contributed by atoms with Gasteiger partial charge in [-0.3, -0.25) is 4.79 Å². The Kier molecular flexibility index (Phi) is 6.67. The second kappa shape index (κ2) is 8.75. The monoisotopic (exact) mass is 324 g/mol. The number of ether oxygens (including phenoxy) is 1. The third-order valence-electron chi connectivity index (χ3n) is 3.49. The van der Waals surface area contributed by atoms with Crippen LogP contribution in [0, 0.1) is 5.92 Å². The summed E-state index contributed by atoms with van der Waals surface area (Å²) in [6.45, 7) is 3.28. The smallest absolute Gasteiger partial charge is 0.241 e. The van der Waals surface area contributed by atoms with Gasteiger partial charge in [-0.2, -0.15) is 11.3 Å². The summed E-state index contributed by atoms with van der Waals surface area (Å²) in [5.41, 5.74) is 1.18. The first-order valence-corrected chi connectivity index (χ1v) is 8.40. The summed E-state index contributed by atoms with van der Waals surface area (Å²) in [7, 11) is 3.49. The normalized spacial score (nSPS) is 18.3. The molecule has 1 saturated heterocycles. The van der Waals surface area contributed by atoms with E-state index in [1.165, 1.54) is 5.56 Å². The summed E-state index contributed by atoms with van der Waals surface area (Å²) in [5, 5.41) is 10.5. The van der Waals surface area contributed by atoms with E-state index < -0.39 is 0 Å². The Balaban J connectivity index is 1.86. The van der Waals surface area contributed by atoms with E-state index in [0.717, 1.165) is 26.2 Å². The highest BCUT2D eigenvalue weighted by molar-refractivity contribution is 7.07. The summed E-state index contributed by atoms with van der Waals surface area (Å²) >= 11 is 1.66. The molecule has 0 spiro atoms. The van der Waals surface area contributed by atoms with E-state index in [2.05, 4.69) is 27.1 Å². The summed E-state index contributed by atoms with van der Waals surface area (Å²) < 4.78 is 5.38. The predicted molar refractivity (Wildman–Crippen MR) is 89.1 cm³/mol. The number of carbonyl (C=O) groups excluding carboxylic acids is 1. The molecule has 1 aliphatic heterocycles. The van der Waals surface area contributed by atoms with Crippen LogP contribution in [0.2, 0.25) is 0 Å². The average Bonchev–Trinajstić information content (AvgIpc) is 3.19. The number of nitrogens with zero attached hydrogens (tertiary/aromatic N) is 2. The van der Waals surface area contributed by atoms with Gasteiger partial charge in [0, 0.05) is 33.2 Å².